The molecular formula is C14H17ClFNO5S. The lowest BCUT2D eigenvalue weighted by atomic mass is 10.1. The number of hydrogen-bond acceptors (Lipinski definition) is 5. The molecule has 1 aromatic carbocycles. The molecule has 0 saturated carbocycles. The average molecular weight is 366 g/mol. The zero-order valence-electron chi connectivity index (χ0n) is 12.2. The van der Waals surface area contributed by atoms with Gasteiger partial charge in [0.25, 0.3) is 0 Å². The molecule has 2 rings (SSSR count). The zero-order valence-corrected chi connectivity index (χ0v) is 13.8. The molecule has 1 aliphatic heterocycles. The number of rotatable bonds is 6. The standard InChI is InChI=1S/C14H17ClFNO5S/c15-12-6-9(8-18)5-11(14(12)16)13(19)7-17-23(20,21)10-1-3-22-4-2-10/h5-6,10,17-18H,1-4,7-8H2. The third-order valence-electron chi connectivity index (χ3n) is 3.61. The third kappa shape index (κ3) is 4.48. The van der Waals surface area contributed by atoms with Crippen LogP contribution < -0.4 is 4.72 Å². The quantitative estimate of drug-likeness (QED) is 0.740. The molecule has 1 saturated heterocycles. The molecule has 2 N–H and O–H groups in total. The molecule has 0 atom stereocenters. The lowest BCUT2D eigenvalue weighted by Gasteiger charge is -2.22. The van der Waals surface area contributed by atoms with Crippen molar-refractivity contribution in [3.8, 4) is 0 Å². The van der Waals surface area contributed by atoms with E-state index in [1.807, 2.05) is 0 Å². The van der Waals surface area contributed by atoms with Crippen LogP contribution in [0.5, 0.6) is 0 Å². The number of carbonyl (C=O) groups excluding carboxylic acids is 1. The Morgan fingerprint density at radius 2 is 2.04 bits per heavy atom. The van der Waals surface area contributed by atoms with Crippen LogP contribution in [-0.4, -0.2) is 44.3 Å². The van der Waals surface area contributed by atoms with Crippen molar-refractivity contribution < 1.29 is 27.4 Å². The molecule has 23 heavy (non-hydrogen) atoms. The van der Waals surface area contributed by atoms with Crippen LogP contribution in [0, 0.1) is 5.82 Å². The molecule has 0 radical (unpaired) electrons. The molecule has 0 spiro atoms. The van der Waals surface area contributed by atoms with E-state index in [0.717, 1.165) is 6.07 Å². The van der Waals surface area contributed by atoms with Crippen LogP contribution in [0.2, 0.25) is 5.02 Å². The van der Waals surface area contributed by atoms with Crippen LogP contribution in [-0.2, 0) is 21.4 Å². The van der Waals surface area contributed by atoms with Crippen molar-refractivity contribution in [3.05, 3.63) is 34.1 Å². The number of nitrogens with one attached hydrogen (secondary N) is 1. The molecule has 6 nitrogen and oxygen atoms in total. The highest BCUT2D eigenvalue weighted by molar-refractivity contribution is 7.90. The van der Waals surface area contributed by atoms with Crippen LogP contribution in [0.3, 0.4) is 0 Å². The monoisotopic (exact) mass is 365 g/mol. The summed E-state index contributed by atoms with van der Waals surface area (Å²) < 4.78 is 45.5. The maximum Gasteiger partial charge on any atom is 0.215 e. The molecule has 1 heterocycles. The number of hydrogen-bond donors (Lipinski definition) is 2. The molecule has 1 aromatic rings. The fraction of sp³-hybridized carbons (Fsp3) is 0.500. The Kier molecular flexibility index (Phi) is 6.10. The summed E-state index contributed by atoms with van der Waals surface area (Å²) in [6, 6.07) is 2.37. The van der Waals surface area contributed by atoms with Crippen molar-refractivity contribution in [2.24, 2.45) is 0 Å². The predicted molar refractivity (Wildman–Crippen MR) is 82.4 cm³/mol. The van der Waals surface area contributed by atoms with E-state index in [2.05, 4.69) is 4.72 Å². The number of carbonyl (C=O) groups is 1. The summed E-state index contributed by atoms with van der Waals surface area (Å²) in [6.07, 6.45) is 0.702. The van der Waals surface area contributed by atoms with Gasteiger partial charge in [-0.05, 0) is 30.5 Å². The molecule has 0 unspecified atom stereocenters. The van der Waals surface area contributed by atoms with Crippen molar-refractivity contribution in [2.45, 2.75) is 24.7 Å². The largest absolute Gasteiger partial charge is 0.392 e. The van der Waals surface area contributed by atoms with Crippen LogP contribution in [0.25, 0.3) is 0 Å². The number of benzene rings is 1. The number of aliphatic hydroxyl groups excluding tert-OH is 1. The minimum Gasteiger partial charge on any atom is -0.392 e. The van der Waals surface area contributed by atoms with Gasteiger partial charge in [0.2, 0.25) is 10.0 Å². The highest BCUT2D eigenvalue weighted by atomic mass is 35.5. The van der Waals surface area contributed by atoms with Crippen LogP contribution >= 0.6 is 11.6 Å². The number of aliphatic hydroxyl groups is 1. The summed E-state index contributed by atoms with van der Waals surface area (Å²) in [5.41, 5.74) is -0.0803. The van der Waals surface area contributed by atoms with Gasteiger partial charge < -0.3 is 9.84 Å². The highest BCUT2D eigenvalue weighted by Gasteiger charge is 2.28. The number of sulfonamides is 1. The molecular weight excluding hydrogens is 349 g/mol. The molecule has 0 aliphatic carbocycles. The smallest absolute Gasteiger partial charge is 0.215 e. The number of ether oxygens (including phenoxy) is 1. The van der Waals surface area contributed by atoms with Crippen molar-refractivity contribution in [3.63, 3.8) is 0 Å². The Bertz CT molecular complexity index is 689. The van der Waals surface area contributed by atoms with E-state index in [4.69, 9.17) is 21.4 Å². The van der Waals surface area contributed by atoms with E-state index in [1.54, 1.807) is 0 Å². The second-order valence-corrected chi connectivity index (χ2v) is 7.65. The van der Waals surface area contributed by atoms with Crippen molar-refractivity contribution in [2.75, 3.05) is 19.8 Å². The number of halogens is 2. The minimum atomic E-state index is -3.68. The second-order valence-electron chi connectivity index (χ2n) is 5.20. The van der Waals surface area contributed by atoms with E-state index in [0.29, 0.717) is 26.1 Å². The van der Waals surface area contributed by atoms with Crippen LogP contribution in [0.15, 0.2) is 12.1 Å². The van der Waals surface area contributed by atoms with E-state index >= 15 is 0 Å². The summed E-state index contributed by atoms with van der Waals surface area (Å²) in [5.74, 6) is -1.69. The topological polar surface area (TPSA) is 92.7 Å². The average Bonchev–Trinajstić information content (AvgIpc) is 2.56. The van der Waals surface area contributed by atoms with Crippen molar-refractivity contribution in [1.29, 1.82) is 0 Å². The lowest BCUT2D eigenvalue weighted by Crippen LogP contribution is -2.40. The van der Waals surface area contributed by atoms with E-state index in [1.165, 1.54) is 6.07 Å². The minimum absolute atomic E-state index is 0.270. The van der Waals surface area contributed by atoms with Crippen LogP contribution in [0.4, 0.5) is 4.39 Å². The molecule has 0 aromatic heterocycles. The van der Waals surface area contributed by atoms with Gasteiger partial charge in [-0.15, -0.1) is 0 Å². The Labute approximate surface area is 138 Å². The maximum absolute atomic E-state index is 13.9. The second kappa shape index (κ2) is 7.67. The SMILES string of the molecule is O=C(CNS(=O)(=O)C1CCOCC1)c1cc(CO)cc(Cl)c1F. The third-order valence-corrected chi connectivity index (χ3v) is 5.78. The summed E-state index contributed by atoms with van der Waals surface area (Å²) in [7, 11) is -3.68. The fourth-order valence-electron chi connectivity index (χ4n) is 2.30. The molecule has 1 fully saturated rings. The van der Waals surface area contributed by atoms with Gasteiger partial charge in [0.15, 0.2) is 11.6 Å². The molecule has 0 bridgehead atoms. The van der Waals surface area contributed by atoms with Gasteiger partial charge in [-0.3, -0.25) is 4.79 Å². The zero-order chi connectivity index (χ0) is 17.0. The van der Waals surface area contributed by atoms with Gasteiger partial charge >= 0.3 is 0 Å². The Morgan fingerprint density at radius 1 is 1.39 bits per heavy atom. The molecule has 9 heteroatoms. The fourth-order valence-corrected chi connectivity index (χ4v) is 3.93. The predicted octanol–water partition coefficient (Wildman–Crippen LogP) is 1.25. The first-order chi connectivity index (χ1) is 10.8. The van der Waals surface area contributed by atoms with Crippen LogP contribution in [0.1, 0.15) is 28.8 Å². The Morgan fingerprint density at radius 3 is 2.65 bits per heavy atom. The summed E-state index contributed by atoms with van der Waals surface area (Å²) in [6.45, 7) is -0.277. The van der Waals surface area contributed by atoms with E-state index in [9.17, 15) is 17.6 Å². The van der Waals surface area contributed by atoms with Crippen molar-refractivity contribution >= 4 is 27.4 Å². The number of ketones is 1. The highest BCUT2D eigenvalue weighted by Crippen LogP contribution is 2.22. The molecule has 128 valence electrons. The van der Waals surface area contributed by atoms with Gasteiger partial charge in [0, 0.05) is 13.2 Å². The van der Waals surface area contributed by atoms with Crippen molar-refractivity contribution in [1.82, 2.24) is 4.72 Å². The summed E-state index contributed by atoms with van der Waals surface area (Å²) in [4.78, 5) is 12.1. The Hall–Kier alpha value is -1.06. The lowest BCUT2D eigenvalue weighted by molar-refractivity contribution is 0.0974. The Balaban J connectivity index is 2.09. The summed E-state index contributed by atoms with van der Waals surface area (Å²) in [5, 5.41) is 8.15. The van der Waals surface area contributed by atoms with Gasteiger partial charge in [-0.1, -0.05) is 11.6 Å². The summed E-state index contributed by atoms with van der Waals surface area (Å²) >= 11 is 5.66. The number of Topliss-reactive ketones (excluding diaryl/α,β-unsaturated/α-hetero) is 1. The first-order valence-corrected chi connectivity index (χ1v) is 8.95. The molecule has 1 aliphatic rings. The maximum atomic E-state index is 13.9. The van der Waals surface area contributed by atoms with Gasteiger partial charge in [0.05, 0.1) is 29.0 Å². The van der Waals surface area contributed by atoms with E-state index < -0.39 is 40.0 Å². The van der Waals surface area contributed by atoms with Gasteiger partial charge in [0.1, 0.15) is 0 Å². The van der Waals surface area contributed by atoms with E-state index in [-0.39, 0.29) is 16.1 Å². The van der Waals surface area contributed by atoms with Gasteiger partial charge in [-0.2, -0.15) is 0 Å². The first kappa shape index (κ1) is 18.3. The van der Waals surface area contributed by atoms with Gasteiger partial charge in [-0.25, -0.2) is 17.5 Å². The first-order valence-electron chi connectivity index (χ1n) is 7.03. The molecule has 0 amide bonds. The normalized spacial score (nSPS) is 16.5.